The number of halogens is 2. The second-order valence-electron chi connectivity index (χ2n) is 5.58. The lowest BCUT2D eigenvalue weighted by Crippen LogP contribution is -2.18. The Morgan fingerprint density at radius 3 is 2.68 bits per heavy atom. The third kappa shape index (κ3) is 5.17. The fraction of sp³-hybridized carbons (Fsp3) is 0.278. The number of pyridine rings is 1. The van der Waals surface area contributed by atoms with Crippen LogP contribution in [0.15, 0.2) is 44.7 Å². The molecule has 2 heterocycles. The molecule has 7 heteroatoms. The molecule has 0 saturated carbocycles. The third-order valence-electron chi connectivity index (χ3n) is 3.68. The Hall–Kier alpha value is -1.15. The number of benzene rings is 1. The number of anilines is 1. The molecule has 3 rings (SSSR count). The number of hydrogen-bond acceptors (Lipinski definition) is 5. The number of nitrogens with one attached hydrogen (secondary N) is 2. The van der Waals surface area contributed by atoms with Crippen LogP contribution in [0.4, 0.5) is 5.82 Å². The zero-order chi connectivity index (χ0) is 17.6. The molecule has 0 saturated heterocycles. The molecule has 0 bridgehead atoms. The van der Waals surface area contributed by atoms with Gasteiger partial charge in [0, 0.05) is 28.1 Å². The Bertz CT molecular complexity index is 833. The predicted molar refractivity (Wildman–Crippen MR) is 113 cm³/mol. The molecule has 2 aromatic heterocycles. The van der Waals surface area contributed by atoms with Crippen LogP contribution in [0.1, 0.15) is 12.0 Å². The van der Waals surface area contributed by atoms with Gasteiger partial charge in [-0.05, 0) is 48.2 Å². The smallest absolute Gasteiger partial charge is 0.141 e. The summed E-state index contributed by atoms with van der Waals surface area (Å²) in [5.74, 6) is 1.74. The number of methoxy groups -OCH3 is 1. The first-order valence-corrected chi connectivity index (χ1v) is 10.4. The van der Waals surface area contributed by atoms with Crippen molar-refractivity contribution in [3.63, 3.8) is 0 Å². The molecule has 132 valence electrons. The van der Waals surface area contributed by atoms with Crippen molar-refractivity contribution in [1.82, 2.24) is 10.3 Å². The number of hydrogen-bond donors (Lipinski definition) is 2. The number of fused-ring (bicyclic) bond motifs is 1. The lowest BCUT2D eigenvalue weighted by Gasteiger charge is -2.09. The molecule has 0 radical (unpaired) electrons. The molecule has 0 amide bonds. The van der Waals surface area contributed by atoms with Gasteiger partial charge in [0.05, 0.1) is 17.3 Å². The maximum atomic E-state index is 5.45. The van der Waals surface area contributed by atoms with Gasteiger partial charge in [-0.15, -0.1) is 11.3 Å². The normalized spacial score (nSPS) is 11.0. The van der Waals surface area contributed by atoms with Gasteiger partial charge in [-0.25, -0.2) is 4.98 Å². The van der Waals surface area contributed by atoms with Gasteiger partial charge >= 0.3 is 0 Å². The minimum Gasteiger partial charge on any atom is -0.495 e. The summed E-state index contributed by atoms with van der Waals surface area (Å²) < 4.78 is 8.72. The fourth-order valence-corrected chi connectivity index (χ4v) is 4.76. The molecule has 1 aromatic carbocycles. The van der Waals surface area contributed by atoms with E-state index in [1.54, 1.807) is 18.4 Å². The van der Waals surface area contributed by atoms with Gasteiger partial charge < -0.3 is 15.4 Å². The molecular weight excluding hydrogens is 466 g/mol. The maximum Gasteiger partial charge on any atom is 0.141 e. The van der Waals surface area contributed by atoms with Gasteiger partial charge in [0.15, 0.2) is 0 Å². The number of ether oxygens (including phenoxy) is 1. The van der Waals surface area contributed by atoms with E-state index >= 15 is 0 Å². The molecule has 25 heavy (non-hydrogen) atoms. The average molecular weight is 485 g/mol. The quantitative estimate of drug-likeness (QED) is 0.419. The predicted octanol–water partition coefficient (Wildman–Crippen LogP) is 5.42. The van der Waals surface area contributed by atoms with Gasteiger partial charge in [-0.2, -0.15) is 0 Å². The third-order valence-corrected chi connectivity index (χ3v) is 5.52. The van der Waals surface area contributed by atoms with Gasteiger partial charge in [0.25, 0.3) is 0 Å². The van der Waals surface area contributed by atoms with E-state index in [0.29, 0.717) is 0 Å². The highest BCUT2D eigenvalue weighted by Gasteiger charge is 2.07. The minimum absolute atomic E-state index is 0.852. The molecule has 0 atom stereocenters. The van der Waals surface area contributed by atoms with Crippen LogP contribution in [0, 0.1) is 0 Å². The Morgan fingerprint density at radius 1 is 1.12 bits per heavy atom. The van der Waals surface area contributed by atoms with Crippen LogP contribution in [0.5, 0.6) is 5.75 Å². The number of nitrogens with zero attached hydrogens (tertiary/aromatic N) is 1. The van der Waals surface area contributed by atoms with E-state index in [-0.39, 0.29) is 0 Å². The summed E-state index contributed by atoms with van der Waals surface area (Å²) in [4.78, 5) is 4.62. The highest BCUT2D eigenvalue weighted by atomic mass is 79.9. The van der Waals surface area contributed by atoms with Crippen LogP contribution in [-0.2, 0) is 6.54 Å². The van der Waals surface area contributed by atoms with Crippen LogP contribution in [0.2, 0.25) is 0 Å². The van der Waals surface area contributed by atoms with Crippen LogP contribution < -0.4 is 15.4 Å². The van der Waals surface area contributed by atoms with Crippen LogP contribution in [0.3, 0.4) is 0 Å². The van der Waals surface area contributed by atoms with Crippen molar-refractivity contribution in [3.8, 4) is 5.75 Å². The van der Waals surface area contributed by atoms with Gasteiger partial charge in [-0.1, -0.05) is 31.9 Å². The average Bonchev–Trinajstić information content (AvgIpc) is 3.05. The Balaban J connectivity index is 1.44. The second-order valence-corrected chi connectivity index (χ2v) is 8.33. The monoisotopic (exact) mass is 483 g/mol. The van der Waals surface area contributed by atoms with Crippen molar-refractivity contribution < 1.29 is 4.74 Å². The van der Waals surface area contributed by atoms with Crippen molar-refractivity contribution in [1.29, 1.82) is 0 Å². The van der Waals surface area contributed by atoms with Gasteiger partial charge in [-0.3, -0.25) is 0 Å². The van der Waals surface area contributed by atoms with Crippen molar-refractivity contribution >= 4 is 59.2 Å². The van der Waals surface area contributed by atoms with E-state index in [4.69, 9.17) is 4.74 Å². The Labute approximate surface area is 168 Å². The second kappa shape index (κ2) is 8.98. The summed E-state index contributed by atoms with van der Waals surface area (Å²) in [6.45, 7) is 2.65. The Morgan fingerprint density at radius 2 is 1.92 bits per heavy atom. The van der Waals surface area contributed by atoms with Crippen LogP contribution >= 0.6 is 43.2 Å². The molecular formula is C18H19Br2N3OS. The van der Waals surface area contributed by atoms with Crippen molar-refractivity contribution in [2.75, 3.05) is 25.5 Å². The number of thiophene rings is 1. The molecule has 0 unspecified atom stereocenters. The highest BCUT2D eigenvalue weighted by Crippen LogP contribution is 2.31. The van der Waals surface area contributed by atoms with E-state index in [2.05, 4.69) is 59.6 Å². The molecule has 0 aliphatic carbocycles. The summed E-state index contributed by atoms with van der Waals surface area (Å²) in [5, 5.41) is 8.88. The van der Waals surface area contributed by atoms with E-state index in [0.717, 1.165) is 56.8 Å². The molecule has 0 aliphatic rings. The Kier molecular flexibility index (Phi) is 6.70. The molecule has 0 fully saturated rings. The topological polar surface area (TPSA) is 46.2 Å². The van der Waals surface area contributed by atoms with Gasteiger partial charge in [0.2, 0.25) is 0 Å². The lowest BCUT2D eigenvalue weighted by molar-refractivity contribution is 0.420. The SMILES string of the molecule is COc1cc(NCCCNCc2cc(Br)cc(Br)c2)nc2ccsc12. The van der Waals surface area contributed by atoms with Crippen LogP contribution in [0.25, 0.3) is 10.2 Å². The molecule has 4 nitrogen and oxygen atoms in total. The summed E-state index contributed by atoms with van der Waals surface area (Å²) in [6.07, 6.45) is 1.01. The molecule has 3 aromatic rings. The standard InChI is InChI=1S/C18H19Br2N3OS/c1-24-16-10-17(23-15-3-6-25-18(15)16)22-5-2-4-21-11-12-7-13(19)9-14(20)8-12/h3,6-10,21H,2,4-5,11H2,1H3,(H,22,23). The van der Waals surface area contributed by atoms with Gasteiger partial charge in [0.1, 0.15) is 11.6 Å². The van der Waals surface area contributed by atoms with Crippen LogP contribution in [-0.4, -0.2) is 25.2 Å². The number of aromatic nitrogens is 1. The van der Waals surface area contributed by atoms with Crippen molar-refractivity contribution in [2.45, 2.75) is 13.0 Å². The molecule has 0 spiro atoms. The minimum atomic E-state index is 0.852. The zero-order valence-corrected chi connectivity index (χ0v) is 17.8. The van der Waals surface area contributed by atoms with Crippen molar-refractivity contribution in [2.24, 2.45) is 0 Å². The molecule has 2 N–H and O–H groups in total. The lowest BCUT2D eigenvalue weighted by atomic mass is 10.2. The first-order chi connectivity index (χ1) is 12.2. The van der Waals surface area contributed by atoms with E-state index in [1.165, 1.54) is 5.56 Å². The van der Waals surface area contributed by atoms with E-state index < -0.39 is 0 Å². The largest absolute Gasteiger partial charge is 0.495 e. The maximum absolute atomic E-state index is 5.45. The first kappa shape index (κ1) is 18.6. The van der Waals surface area contributed by atoms with Crippen molar-refractivity contribution in [3.05, 3.63) is 50.2 Å². The fourth-order valence-electron chi connectivity index (χ4n) is 2.54. The first-order valence-electron chi connectivity index (χ1n) is 7.97. The summed E-state index contributed by atoms with van der Waals surface area (Å²) >= 11 is 8.68. The summed E-state index contributed by atoms with van der Waals surface area (Å²) in [7, 11) is 1.70. The highest BCUT2D eigenvalue weighted by molar-refractivity contribution is 9.11. The van der Waals surface area contributed by atoms with E-state index in [9.17, 15) is 0 Å². The number of rotatable bonds is 8. The summed E-state index contributed by atoms with van der Waals surface area (Å²) in [5.41, 5.74) is 2.23. The zero-order valence-electron chi connectivity index (χ0n) is 13.8. The molecule has 0 aliphatic heterocycles. The van der Waals surface area contributed by atoms with E-state index in [1.807, 2.05) is 23.6 Å². The summed E-state index contributed by atoms with van der Waals surface area (Å²) in [6, 6.07) is 10.3.